The maximum atomic E-state index is 11.6. The fourth-order valence-electron chi connectivity index (χ4n) is 1.56. The molecule has 1 aromatic carbocycles. The highest BCUT2D eigenvalue weighted by Gasteiger charge is 2.09. The molecule has 0 saturated carbocycles. The van der Waals surface area contributed by atoms with E-state index in [0.717, 1.165) is 4.47 Å². The predicted molar refractivity (Wildman–Crippen MR) is 75.0 cm³/mol. The SMILES string of the molecule is COCC(C)NC(=O)COc1ccc(Br)cc1CO. The van der Waals surface area contributed by atoms with Crippen molar-refractivity contribution in [2.75, 3.05) is 20.3 Å². The summed E-state index contributed by atoms with van der Waals surface area (Å²) in [5.74, 6) is 0.275. The summed E-state index contributed by atoms with van der Waals surface area (Å²) in [6, 6.07) is 5.19. The quantitative estimate of drug-likeness (QED) is 0.794. The molecule has 0 aromatic heterocycles. The van der Waals surface area contributed by atoms with Crippen molar-refractivity contribution in [3.63, 3.8) is 0 Å². The van der Waals surface area contributed by atoms with Crippen molar-refractivity contribution in [1.82, 2.24) is 5.32 Å². The van der Waals surface area contributed by atoms with E-state index in [2.05, 4.69) is 21.2 Å². The molecule has 0 aliphatic carbocycles. The number of ether oxygens (including phenoxy) is 2. The maximum Gasteiger partial charge on any atom is 0.258 e. The molecule has 1 atom stereocenters. The van der Waals surface area contributed by atoms with Crippen molar-refractivity contribution in [3.8, 4) is 5.75 Å². The highest BCUT2D eigenvalue weighted by Crippen LogP contribution is 2.23. The highest BCUT2D eigenvalue weighted by molar-refractivity contribution is 9.10. The Bertz CT molecular complexity index is 425. The summed E-state index contributed by atoms with van der Waals surface area (Å²) >= 11 is 3.31. The van der Waals surface area contributed by atoms with Crippen molar-refractivity contribution >= 4 is 21.8 Å². The lowest BCUT2D eigenvalue weighted by molar-refractivity contribution is -0.124. The second-order valence-corrected chi connectivity index (χ2v) is 5.04. The lowest BCUT2D eigenvalue weighted by Gasteiger charge is -2.14. The second-order valence-electron chi connectivity index (χ2n) is 4.12. The first-order valence-electron chi connectivity index (χ1n) is 5.87. The standard InChI is InChI=1S/C13H18BrNO4/c1-9(7-18-2)15-13(17)8-19-12-4-3-11(14)5-10(12)6-16/h3-5,9,16H,6-8H2,1-2H3,(H,15,17). The van der Waals surface area contributed by atoms with Gasteiger partial charge in [-0.3, -0.25) is 4.79 Å². The van der Waals surface area contributed by atoms with Gasteiger partial charge in [0, 0.05) is 23.2 Å². The summed E-state index contributed by atoms with van der Waals surface area (Å²) in [4.78, 5) is 11.6. The molecule has 0 saturated heterocycles. The Kier molecular flexibility index (Phi) is 6.83. The van der Waals surface area contributed by atoms with Gasteiger partial charge in [0.15, 0.2) is 6.61 Å². The van der Waals surface area contributed by atoms with Gasteiger partial charge in [-0.1, -0.05) is 15.9 Å². The molecule has 0 heterocycles. The smallest absolute Gasteiger partial charge is 0.258 e. The van der Waals surface area contributed by atoms with Gasteiger partial charge in [0.1, 0.15) is 5.75 Å². The topological polar surface area (TPSA) is 67.8 Å². The van der Waals surface area contributed by atoms with Crippen LogP contribution in [0, 0.1) is 0 Å². The van der Waals surface area contributed by atoms with Crippen molar-refractivity contribution in [1.29, 1.82) is 0 Å². The molecule has 0 bridgehead atoms. The molecular weight excluding hydrogens is 314 g/mol. The lowest BCUT2D eigenvalue weighted by atomic mass is 10.2. The van der Waals surface area contributed by atoms with Gasteiger partial charge in [-0.25, -0.2) is 0 Å². The van der Waals surface area contributed by atoms with E-state index in [-0.39, 0.29) is 25.2 Å². The Morgan fingerprint density at radius 3 is 2.89 bits per heavy atom. The number of aliphatic hydroxyl groups excluding tert-OH is 1. The van der Waals surface area contributed by atoms with Gasteiger partial charge in [0.2, 0.25) is 0 Å². The van der Waals surface area contributed by atoms with E-state index in [0.29, 0.717) is 17.9 Å². The molecule has 1 rings (SSSR count). The van der Waals surface area contributed by atoms with Crippen LogP contribution in [0.4, 0.5) is 0 Å². The van der Waals surface area contributed by atoms with Gasteiger partial charge in [-0.15, -0.1) is 0 Å². The molecular formula is C13H18BrNO4. The molecule has 0 aliphatic rings. The van der Waals surface area contributed by atoms with Crippen LogP contribution in [0.3, 0.4) is 0 Å². The monoisotopic (exact) mass is 331 g/mol. The van der Waals surface area contributed by atoms with E-state index in [1.165, 1.54) is 0 Å². The normalized spacial score (nSPS) is 12.0. The number of hydrogen-bond acceptors (Lipinski definition) is 4. The Morgan fingerprint density at radius 1 is 1.53 bits per heavy atom. The summed E-state index contributed by atoms with van der Waals surface area (Å²) in [6.07, 6.45) is 0. The first-order valence-corrected chi connectivity index (χ1v) is 6.66. The molecule has 106 valence electrons. The number of methoxy groups -OCH3 is 1. The Balaban J connectivity index is 2.50. The fourth-order valence-corrected chi connectivity index (χ4v) is 1.97. The van der Waals surface area contributed by atoms with Crippen LogP contribution in [0.25, 0.3) is 0 Å². The van der Waals surface area contributed by atoms with Crippen LogP contribution < -0.4 is 10.1 Å². The summed E-state index contributed by atoms with van der Waals surface area (Å²) in [5, 5.41) is 11.9. The number of benzene rings is 1. The number of aliphatic hydroxyl groups is 1. The largest absolute Gasteiger partial charge is 0.483 e. The number of amides is 1. The van der Waals surface area contributed by atoms with Gasteiger partial charge in [-0.05, 0) is 25.1 Å². The minimum atomic E-state index is -0.226. The zero-order valence-electron chi connectivity index (χ0n) is 11.0. The van der Waals surface area contributed by atoms with Gasteiger partial charge in [0.25, 0.3) is 5.91 Å². The number of nitrogens with one attached hydrogen (secondary N) is 1. The third kappa shape index (κ3) is 5.59. The zero-order chi connectivity index (χ0) is 14.3. The number of hydrogen-bond donors (Lipinski definition) is 2. The summed E-state index contributed by atoms with van der Waals surface area (Å²) in [7, 11) is 1.58. The molecule has 0 aliphatic heterocycles. The molecule has 1 aromatic rings. The van der Waals surface area contributed by atoms with E-state index in [9.17, 15) is 9.90 Å². The van der Waals surface area contributed by atoms with Gasteiger partial charge in [-0.2, -0.15) is 0 Å². The average Bonchev–Trinajstić information content (AvgIpc) is 2.37. The second kappa shape index (κ2) is 8.14. The minimum absolute atomic E-state index is 0.0664. The first kappa shape index (κ1) is 15.9. The Labute approximate surface area is 121 Å². The van der Waals surface area contributed by atoms with E-state index in [1.807, 2.05) is 6.92 Å². The molecule has 0 fully saturated rings. The third-order valence-corrected chi connectivity index (χ3v) is 2.87. The van der Waals surface area contributed by atoms with Crippen molar-refractivity contribution in [2.24, 2.45) is 0 Å². The number of carbonyl (C=O) groups is 1. The van der Waals surface area contributed by atoms with Crippen LogP contribution >= 0.6 is 15.9 Å². The number of rotatable bonds is 7. The van der Waals surface area contributed by atoms with Crippen LogP contribution in [0.5, 0.6) is 5.75 Å². The average molecular weight is 332 g/mol. The van der Waals surface area contributed by atoms with Crippen LogP contribution in [0.2, 0.25) is 0 Å². The van der Waals surface area contributed by atoms with E-state index in [4.69, 9.17) is 9.47 Å². The van der Waals surface area contributed by atoms with Crippen molar-refractivity contribution < 1.29 is 19.4 Å². The Morgan fingerprint density at radius 2 is 2.26 bits per heavy atom. The Hall–Kier alpha value is -1.11. The number of carbonyl (C=O) groups excluding carboxylic acids is 1. The third-order valence-electron chi connectivity index (χ3n) is 2.38. The molecule has 1 unspecified atom stereocenters. The van der Waals surface area contributed by atoms with Crippen LogP contribution in [0.15, 0.2) is 22.7 Å². The van der Waals surface area contributed by atoms with Gasteiger partial charge in [0.05, 0.1) is 13.2 Å². The molecule has 0 spiro atoms. The fraction of sp³-hybridized carbons (Fsp3) is 0.462. The molecule has 0 radical (unpaired) electrons. The van der Waals surface area contributed by atoms with E-state index in [1.54, 1.807) is 25.3 Å². The molecule has 6 heteroatoms. The zero-order valence-corrected chi connectivity index (χ0v) is 12.6. The molecule has 2 N–H and O–H groups in total. The van der Waals surface area contributed by atoms with Gasteiger partial charge < -0.3 is 19.9 Å². The molecule has 5 nitrogen and oxygen atoms in total. The molecule has 1 amide bonds. The molecule has 19 heavy (non-hydrogen) atoms. The minimum Gasteiger partial charge on any atom is -0.483 e. The maximum absolute atomic E-state index is 11.6. The van der Waals surface area contributed by atoms with Crippen molar-refractivity contribution in [3.05, 3.63) is 28.2 Å². The first-order chi connectivity index (χ1) is 9.06. The van der Waals surface area contributed by atoms with Crippen LogP contribution in [-0.4, -0.2) is 37.4 Å². The van der Waals surface area contributed by atoms with Crippen molar-refractivity contribution in [2.45, 2.75) is 19.6 Å². The van der Waals surface area contributed by atoms with Crippen LogP contribution in [-0.2, 0) is 16.1 Å². The van der Waals surface area contributed by atoms with Crippen LogP contribution in [0.1, 0.15) is 12.5 Å². The lowest BCUT2D eigenvalue weighted by Crippen LogP contribution is -2.38. The van der Waals surface area contributed by atoms with E-state index < -0.39 is 0 Å². The summed E-state index contributed by atoms with van der Waals surface area (Å²) in [5.41, 5.74) is 0.632. The predicted octanol–water partition coefficient (Wildman–Crippen LogP) is 1.47. The number of halogens is 1. The van der Waals surface area contributed by atoms with E-state index >= 15 is 0 Å². The van der Waals surface area contributed by atoms with Gasteiger partial charge >= 0.3 is 0 Å². The summed E-state index contributed by atoms with van der Waals surface area (Å²) < 4.78 is 11.2. The summed E-state index contributed by atoms with van der Waals surface area (Å²) in [6.45, 7) is 2.06. The highest BCUT2D eigenvalue weighted by atomic mass is 79.9.